The summed E-state index contributed by atoms with van der Waals surface area (Å²) in [5.74, 6) is 1.01. The van der Waals surface area contributed by atoms with E-state index in [9.17, 15) is 0 Å². The van der Waals surface area contributed by atoms with Gasteiger partial charge in [-0.1, -0.05) is 31.2 Å². The average Bonchev–Trinajstić information content (AvgIpc) is 2.97. The van der Waals surface area contributed by atoms with Gasteiger partial charge in [0.1, 0.15) is 10.6 Å². The van der Waals surface area contributed by atoms with Crippen LogP contribution in [0, 0.1) is 6.92 Å². The van der Waals surface area contributed by atoms with E-state index >= 15 is 0 Å². The number of nitrogens with zero attached hydrogens (tertiary/aromatic N) is 3. The maximum absolute atomic E-state index is 6.30. The summed E-state index contributed by atoms with van der Waals surface area (Å²) < 4.78 is 0. The number of rotatable bonds is 3. The first-order chi connectivity index (χ1) is 12.6. The minimum absolute atomic E-state index is 0.347. The third-order valence-corrected chi connectivity index (χ3v) is 6.58. The summed E-state index contributed by atoms with van der Waals surface area (Å²) in [5.41, 5.74) is 3.86. The summed E-state index contributed by atoms with van der Waals surface area (Å²) in [6.07, 6.45) is 4.75. The van der Waals surface area contributed by atoms with Crippen LogP contribution in [0.5, 0.6) is 0 Å². The van der Waals surface area contributed by atoms with Gasteiger partial charge in [-0.3, -0.25) is 0 Å². The van der Waals surface area contributed by atoms with E-state index in [0.717, 1.165) is 29.0 Å². The van der Waals surface area contributed by atoms with Crippen LogP contribution < -0.4 is 4.90 Å². The van der Waals surface area contributed by atoms with Crippen molar-refractivity contribution >= 4 is 39.0 Å². The number of fused-ring (bicyclic) bond motifs is 1. The highest BCUT2D eigenvalue weighted by molar-refractivity contribution is 7.19. The molecular formula is C21H24ClN3S. The van der Waals surface area contributed by atoms with Gasteiger partial charge < -0.3 is 4.90 Å². The normalized spacial score (nSPS) is 17.8. The largest absolute Gasteiger partial charge is 0.353 e. The monoisotopic (exact) mass is 385 g/mol. The van der Waals surface area contributed by atoms with Crippen molar-refractivity contribution in [3.8, 4) is 11.1 Å². The fourth-order valence-electron chi connectivity index (χ4n) is 3.94. The molecule has 3 heterocycles. The summed E-state index contributed by atoms with van der Waals surface area (Å²) >= 11 is 8.01. The molecule has 1 aliphatic rings. The van der Waals surface area contributed by atoms with Gasteiger partial charge in [-0.15, -0.1) is 11.3 Å². The molecule has 5 heteroatoms. The van der Waals surface area contributed by atoms with Gasteiger partial charge in [0.25, 0.3) is 0 Å². The van der Waals surface area contributed by atoms with Crippen molar-refractivity contribution in [1.82, 2.24) is 9.97 Å². The molecule has 1 fully saturated rings. The lowest BCUT2D eigenvalue weighted by molar-refractivity contribution is 0.482. The van der Waals surface area contributed by atoms with Crippen LogP contribution in [0.15, 0.2) is 24.3 Å². The molecule has 0 radical (unpaired) electrons. The van der Waals surface area contributed by atoms with Crippen molar-refractivity contribution in [2.45, 2.75) is 52.5 Å². The van der Waals surface area contributed by atoms with Gasteiger partial charge >= 0.3 is 0 Å². The van der Waals surface area contributed by atoms with Crippen molar-refractivity contribution in [1.29, 1.82) is 0 Å². The van der Waals surface area contributed by atoms with Gasteiger partial charge in [-0.25, -0.2) is 4.98 Å². The minimum atomic E-state index is 0.347. The summed E-state index contributed by atoms with van der Waals surface area (Å²) in [6, 6.07) is 9.38. The maximum Gasteiger partial charge on any atom is 0.225 e. The molecule has 26 heavy (non-hydrogen) atoms. The molecule has 0 amide bonds. The average molecular weight is 386 g/mol. The Kier molecular flexibility index (Phi) is 4.89. The zero-order chi connectivity index (χ0) is 18.3. The standard InChI is InChI=1S/C21H24ClN3S/c1-4-15-8-10-16(11-9-15)17-14(3)26-20-18(17)19(23-21(22)24-20)25-12-6-5-7-13(25)2/h8-11,13H,4-7,12H2,1-3H3. The van der Waals surface area contributed by atoms with E-state index in [0.29, 0.717) is 11.3 Å². The Balaban J connectivity index is 1.94. The van der Waals surface area contributed by atoms with Gasteiger partial charge in [-0.05, 0) is 62.3 Å². The molecule has 1 aliphatic heterocycles. The zero-order valence-corrected chi connectivity index (χ0v) is 17.1. The van der Waals surface area contributed by atoms with Crippen LogP contribution in [0.2, 0.25) is 5.28 Å². The number of aryl methyl sites for hydroxylation is 2. The number of aromatic nitrogens is 2. The molecule has 1 atom stereocenters. The SMILES string of the molecule is CCc1ccc(-c2c(C)sc3nc(Cl)nc(N4CCCCC4C)c23)cc1. The lowest BCUT2D eigenvalue weighted by Crippen LogP contribution is -2.38. The molecule has 1 saturated heterocycles. The first-order valence-electron chi connectivity index (χ1n) is 9.41. The molecule has 3 nitrogen and oxygen atoms in total. The Morgan fingerprint density at radius 2 is 1.96 bits per heavy atom. The predicted molar refractivity (Wildman–Crippen MR) is 113 cm³/mol. The first kappa shape index (κ1) is 17.7. The van der Waals surface area contributed by atoms with Gasteiger partial charge in [0.2, 0.25) is 5.28 Å². The van der Waals surface area contributed by atoms with Gasteiger partial charge in [0.15, 0.2) is 0 Å². The highest BCUT2D eigenvalue weighted by Crippen LogP contribution is 2.43. The quantitative estimate of drug-likeness (QED) is 0.498. The maximum atomic E-state index is 6.30. The Hall–Kier alpha value is -1.65. The molecule has 1 unspecified atom stereocenters. The van der Waals surface area contributed by atoms with E-state index in [-0.39, 0.29) is 0 Å². The summed E-state index contributed by atoms with van der Waals surface area (Å²) in [7, 11) is 0. The Morgan fingerprint density at radius 1 is 1.19 bits per heavy atom. The molecule has 0 bridgehead atoms. The number of piperidine rings is 1. The van der Waals surface area contributed by atoms with E-state index in [1.165, 1.54) is 40.8 Å². The van der Waals surface area contributed by atoms with E-state index in [1.54, 1.807) is 11.3 Å². The molecule has 1 aromatic carbocycles. The van der Waals surface area contributed by atoms with Crippen LogP contribution >= 0.6 is 22.9 Å². The molecule has 0 saturated carbocycles. The predicted octanol–water partition coefficient (Wildman–Crippen LogP) is 6.26. The molecule has 136 valence electrons. The molecule has 0 N–H and O–H groups in total. The number of hydrogen-bond donors (Lipinski definition) is 0. The summed E-state index contributed by atoms with van der Waals surface area (Å²) in [5, 5.41) is 1.51. The second-order valence-electron chi connectivity index (χ2n) is 7.12. The Labute approximate surface area is 164 Å². The molecule has 2 aromatic heterocycles. The number of anilines is 1. The zero-order valence-electron chi connectivity index (χ0n) is 15.6. The van der Waals surface area contributed by atoms with Crippen molar-refractivity contribution in [2.75, 3.05) is 11.4 Å². The Morgan fingerprint density at radius 3 is 2.65 bits per heavy atom. The van der Waals surface area contributed by atoms with Crippen LogP contribution in [0.4, 0.5) is 5.82 Å². The van der Waals surface area contributed by atoms with E-state index in [1.807, 2.05) is 0 Å². The van der Waals surface area contributed by atoms with Crippen LogP contribution in [0.25, 0.3) is 21.3 Å². The Bertz CT molecular complexity index is 933. The third kappa shape index (κ3) is 3.10. The smallest absolute Gasteiger partial charge is 0.225 e. The fourth-order valence-corrected chi connectivity index (χ4v) is 5.20. The summed E-state index contributed by atoms with van der Waals surface area (Å²) in [6.45, 7) is 7.68. The number of halogens is 1. The van der Waals surface area contributed by atoms with Crippen LogP contribution in [-0.4, -0.2) is 22.6 Å². The molecule has 0 aliphatic carbocycles. The molecular weight excluding hydrogens is 362 g/mol. The number of thiophene rings is 1. The van der Waals surface area contributed by atoms with E-state index in [2.05, 4.69) is 54.9 Å². The highest BCUT2D eigenvalue weighted by Gasteiger charge is 2.26. The highest BCUT2D eigenvalue weighted by atomic mass is 35.5. The van der Waals surface area contributed by atoms with Gasteiger partial charge in [0.05, 0.1) is 5.39 Å². The molecule has 3 aromatic rings. The lowest BCUT2D eigenvalue weighted by Gasteiger charge is -2.35. The van der Waals surface area contributed by atoms with Crippen LogP contribution in [0.3, 0.4) is 0 Å². The van der Waals surface area contributed by atoms with Gasteiger partial charge in [0, 0.05) is 23.0 Å². The topological polar surface area (TPSA) is 29.0 Å². The lowest BCUT2D eigenvalue weighted by atomic mass is 9.99. The van der Waals surface area contributed by atoms with Crippen LogP contribution in [0.1, 0.15) is 43.6 Å². The van der Waals surface area contributed by atoms with E-state index < -0.39 is 0 Å². The van der Waals surface area contributed by atoms with Crippen molar-refractivity contribution in [3.05, 3.63) is 40.0 Å². The van der Waals surface area contributed by atoms with Gasteiger partial charge in [-0.2, -0.15) is 4.98 Å². The van der Waals surface area contributed by atoms with Crippen LogP contribution in [-0.2, 0) is 6.42 Å². The number of hydrogen-bond acceptors (Lipinski definition) is 4. The summed E-state index contributed by atoms with van der Waals surface area (Å²) in [4.78, 5) is 13.9. The minimum Gasteiger partial charge on any atom is -0.353 e. The number of benzene rings is 1. The van der Waals surface area contributed by atoms with E-state index in [4.69, 9.17) is 16.6 Å². The molecule has 4 rings (SSSR count). The van der Waals surface area contributed by atoms with Crippen molar-refractivity contribution in [3.63, 3.8) is 0 Å². The second-order valence-corrected chi connectivity index (χ2v) is 8.66. The fraction of sp³-hybridized carbons (Fsp3) is 0.429. The van der Waals surface area contributed by atoms with Crippen molar-refractivity contribution in [2.24, 2.45) is 0 Å². The first-order valence-corrected chi connectivity index (χ1v) is 10.6. The third-order valence-electron chi connectivity index (χ3n) is 5.41. The molecule has 0 spiro atoms. The second kappa shape index (κ2) is 7.16. The van der Waals surface area contributed by atoms with Crippen molar-refractivity contribution < 1.29 is 0 Å².